The molecule has 6 nitrogen and oxygen atoms in total. The minimum atomic E-state index is 0.0442. The monoisotopic (exact) mass is 324 g/mol. The van der Waals surface area contributed by atoms with Gasteiger partial charge in [-0.3, -0.25) is 9.78 Å². The average molecular weight is 324 g/mol. The fourth-order valence-electron chi connectivity index (χ4n) is 3.23. The molecule has 1 fully saturated rings. The third-order valence-electron chi connectivity index (χ3n) is 4.89. The number of amides is 1. The lowest BCUT2D eigenvalue weighted by Gasteiger charge is -2.36. The molecule has 24 heavy (non-hydrogen) atoms. The van der Waals surface area contributed by atoms with Gasteiger partial charge < -0.3 is 15.0 Å². The molecule has 0 saturated heterocycles. The van der Waals surface area contributed by atoms with Gasteiger partial charge in [0, 0.05) is 24.7 Å². The Bertz CT molecular complexity index is 817. The van der Waals surface area contributed by atoms with Crippen LogP contribution < -0.4 is 15.0 Å². The van der Waals surface area contributed by atoms with Gasteiger partial charge in [-0.05, 0) is 25.8 Å². The Labute approximate surface area is 140 Å². The number of fused-ring (bicyclic) bond motifs is 3. The van der Waals surface area contributed by atoms with E-state index in [-0.39, 0.29) is 17.9 Å². The molecule has 2 aromatic heterocycles. The number of ether oxygens (including phenoxy) is 1. The van der Waals surface area contributed by atoms with Gasteiger partial charge >= 0.3 is 0 Å². The lowest BCUT2D eigenvalue weighted by Crippen LogP contribution is -2.29. The summed E-state index contributed by atoms with van der Waals surface area (Å²) in [5.74, 6) is 1.41. The summed E-state index contributed by atoms with van der Waals surface area (Å²) < 4.78 is 5.53. The van der Waals surface area contributed by atoms with E-state index in [9.17, 15) is 4.79 Å². The number of pyridine rings is 2. The van der Waals surface area contributed by atoms with Crippen molar-refractivity contribution in [3.8, 4) is 17.0 Å². The Hall–Kier alpha value is -2.63. The predicted molar refractivity (Wildman–Crippen MR) is 92.2 cm³/mol. The number of hydrogen-bond acceptors (Lipinski definition) is 5. The van der Waals surface area contributed by atoms with E-state index in [4.69, 9.17) is 4.74 Å². The molecule has 1 N–H and O–H groups in total. The summed E-state index contributed by atoms with van der Waals surface area (Å²) in [7, 11) is 3.63. The van der Waals surface area contributed by atoms with Crippen molar-refractivity contribution in [2.75, 3.05) is 24.4 Å². The molecule has 1 saturated carbocycles. The fourth-order valence-corrected chi connectivity index (χ4v) is 3.23. The summed E-state index contributed by atoms with van der Waals surface area (Å²) in [4.78, 5) is 23.4. The van der Waals surface area contributed by atoms with Crippen LogP contribution in [0.2, 0.25) is 0 Å². The van der Waals surface area contributed by atoms with Gasteiger partial charge in [-0.2, -0.15) is 0 Å². The standard InChI is InChI=1S/C18H20N4O2/c1-10-12-5-4-8-19-15(12)14-13(24-3)9-20-17(16(14)22(10)2)21-18(23)11-6-7-11/h4-5,8-11H,6-7H2,1-3H3,(H,20,21,23). The molecule has 124 valence electrons. The summed E-state index contributed by atoms with van der Waals surface area (Å²) in [5, 5.41) is 2.99. The Kier molecular flexibility index (Phi) is 3.40. The van der Waals surface area contributed by atoms with Gasteiger partial charge in [0.05, 0.1) is 36.3 Å². The summed E-state index contributed by atoms with van der Waals surface area (Å²) >= 11 is 0. The lowest BCUT2D eigenvalue weighted by molar-refractivity contribution is -0.117. The highest BCUT2D eigenvalue weighted by molar-refractivity contribution is 6.00. The van der Waals surface area contributed by atoms with Gasteiger partial charge in [-0.1, -0.05) is 6.07 Å². The number of carbonyl (C=O) groups is 1. The van der Waals surface area contributed by atoms with Gasteiger partial charge in [0.25, 0.3) is 0 Å². The van der Waals surface area contributed by atoms with Crippen molar-refractivity contribution in [3.63, 3.8) is 0 Å². The molecular weight excluding hydrogens is 304 g/mol. The number of hydrogen-bond donors (Lipinski definition) is 1. The molecule has 3 heterocycles. The van der Waals surface area contributed by atoms with E-state index >= 15 is 0 Å². The minimum Gasteiger partial charge on any atom is -0.494 e. The van der Waals surface area contributed by atoms with Gasteiger partial charge in [0.15, 0.2) is 5.82 Å². The first kappa shape index (κ1) is 14.9. The first-order chi connectivity index (χ1) is 11.6. The topological polar surface area (TPSA) is 67.3 Å². The quantitative estimate of drug-likeness (QED) is 0.940. The zero-order chi connectivity index (χ0) is 16.8. The predicted octanol–water partition coefficient (Wildman–Crippen LogP) is 3.01. The molecule has 2 aromatic rings. The van der Waals surface area contributed by atoms with Crippen molar-refractivity contribution in [2.45, 2.75) is 25.8 Å². The van der Waals surface area contributed by atoms with Crippen LogP contribution in [-0.4, -0.2) is 30.0 Å². The zero-order valence-electron chi connectivity index (χ0n) is 14.0. The van der Waals surface area contributed by atoms with Crippen molar-refractivity contribution < 1.29 is 9.53 Å². The van der Waals surface area contributed by atoms with Crippen LogP contribution in [0.25, 0.3) is 11.3 Å². The second-order valence-corrected chi connectivity index (χ2v) is 6.39. The van der Waals surface area contributed by atoms with Crippen molar-refractivity contribution in [1.82, 2.24) is 9.97 Å². The van der Waals surface area contributed by atoms with Gasteiger partial charge in [0.1, 0.15) is 5.75 Å². The van der Waals surface area contributed by atoms with Crippen molar-refractivity contribution in [1.29, 1.82) is 0 Å². The maximum absolute atomic E-state index is 12.2. The molecule has 0 spiro atoms. The maximum Gasteiger partial charge on any atom is 0.228 e. The molecule has 0 aromatic carbocycles. The molecule has 1 aliphatic carbocycles. The number of nitrogens with one attached hydrogen (secondary N) is 1. The second-order valence-electron chi connectivity index (χ2n) is 6.39. The van der Waals surface area contributed by atoms with E-state index in [1.165, 1.54) is 0 Å². The molecule has 0 radical (unpaired) electrons. The molecule has 1 atom stereocenters. The van der Waals surface area contributed by atoms with Crippen LogP contribution in [0.3, 0.4) is 0 Å². The van der Waals surface area contributed by atoms with Crippen molar-refractivity contribution in [3.05, 3.63) is 30.1 Å². The van der Waals surface area contributed by atoms with Crippen LogP contribution in [0.4, 0.5) is 11.5 Å². The molecule has 1 amide bonds. The third kappa shape index (κ3) is 2.21. The number of anilines is 2. The van der Waals surface area contributed by atoms with Crippen LogP contribution >= 0.6 is 0 Å². The van der Waals surface area contributed by atoms with Crippen molar-refractivity contribution >= 4 is 17.4 Å². The first-order valence-electron chi connectivity index (χ1n) is 8.17. The van der Waals surface area contributed by atoms with E-state index in [0.29, 0.717) is 11.6 Å². The van der Waals surface area contributed by atoms with Crippen LogP contribution in [0.15, 0.2) is 24.5 Å². The second kappa shape index (κ2) is 5.47. The molecule has 2 aliphatic rings. The highest BCUT2D eigenvalue weighted by Gasteiger charge is 2.35. The fraction of sp³-hybridized carbons (Fsp3) is 0.389. The summed E-state index contributed by atoms with van der Waals surface area (Å²) in [6, 6.07) is 4.15. The molecule has 1 aliphatic heterocycles. The lowest BCUT2D eigenvalue weighted by atomic mass is 9.93. The Balaban J connectivity index is 1.91. The highest BCUT2D eigenvalue weighted by atomic mass is 16.5. The van der Waals surface area contributed by atoms with E-state index in [1.807, 2.05) is 13.1 Å². The highest BCUT2D eigenvalue weighted by Crippen LogP contribution is 2.49. The van der Waals surface area contributed by atoms with E-state index < -0.39 is 0 Å². The van der Waals surface area contributed by atoms with Crippen LogP contribution in [0.1, 0.15) is 31.4 Å². The number of methoxy groups -OCH3 is 1. The normalized spacial score (nSPS) is 18.6. The van der Waals surface area contributed by atoms with E-state index in [2.05, 4.69) is 33.2 Å². The third-order valence-corrected chi connectivity index (χ3v) is 4.89. The number of rotatable bonds is 3. The van der Waals surface area contributed by atoms with Gasteiger partial charge in [-0.25, -0.2) is 4.98 Å². The van der Waals surface area contributed by atoms with E-state index in [0.717, 1.165) is 35.3 Å². The SMILES string of the molecule is COc1cnc(NC(=O)C2CC2)c2c1-c1ncccc1C(C)N2C. The Morgan fingerprint density at radius 1 is 1.38 bits per heavy atom. The molecular formula is C18H20N4O2. The number of nitrogens with zero attached hydrogens (tertiary/aromatic N) is 3. The number of carbonyl (C=O) groups excluding carboxylic acids is 1. The largest absolute Gasteiger partial charge is 0.494 e. The minimum absolute atomic E-state index is 0.0442. The Morgan fingerprint density at radius 2 is 2.17 bits per heavy atom. The zero-order valence-corrected chi connectivity index (χ0v) is 14.0. The summed E-state index contributed by atoms with van der Waals surface area (Å²) in [6.07, 6.45) is 5.36. The molecule has 6 heteroatoms. The van der Waals surface area contributed by atoms with Gasteiger partial charge in [-0.15, -0.1) is 0 Å². The van der Waals surface area contributed by atoms with Crippen molar-refractivity contribution in [2.24, 2.45) is 5.92 Å². The van der Waals surface area contributed by atoms with Crippen LogP contribution in [0, 0.1) is 5.92 Å². The molecule has 1 unspecified atom stereocenters. The average Bonchev–Trinajstić information content (AvgIpc) is 3.44. The summed E-state index contributed by atoms with van der Waals surface area (Å²) in [6.45, 7) is 2.12. The Morgan fingerprint density at radius 3 is 2.88 bits per heavy atom. The van der Waals surface area contributed by atoms with Crippen LogP contribution in [0.5, 0.6) is 5.75 Å². The number of aromatic nitrogens is 2. The summed E-state index contributed by atoms with van der Waals surface area (Å²) in [5.41, 5.74) is 3.77. The molecule has 0 bridgehead atoms. The molecule has 4 rings (SSSR count). The van der Waals surface area contributed by atoms with Gasteiger partial charge in [0.2, 0.25) is 5.91 Å². The maximum atomic E-state index is 12.2. The van der Waals surface area contributed by atoms with Crippen LogP contribution in [-0.2, 0) is 4.79 Å². The van der Waals surface area contributed by atoms with E-state index in [1.54, 1.807) is 19.5 Å². The smallest absolute Gasteiger partial charge is 0.228 e. The first-order valence-corrected chi connectivity index (χ1v) is 8.17.